The van der Waals surface area contributed by atoms with Crippen LogP contribution in [0, 0.1) is 13.8 Å². The molecule has 0 radical (unpaired) electrons. The number of benzene rings is 2. The van der Waals surface area contributed by atoms with Gasteiger partial charge in [-0.15, -0.1) is 0 Å². The van der Waals surface area contributed by atoms with Gasteiger partial charge in [-0.2, -0.15) is 0 Å². The molecule has 0 saturated carbocycles. The summed E-state index contributed by atoms with van der Waals surface area (Å²) >= 11 is 0. The molecule has 1 atom stereocenters. The molecule has 25 heavy (non-hydrogen) atoms. The Kier molecular flexibility index (Phi) is 4.75. The average Bonchev–Trinajstić information content (AvgIpc) is 2.99. The number of Topliss-reactive ketones (excluding diaryl/α,β-unsaturated/α-hetero) is 1. The Morgan fingerprint density at radius 1 is 0.960 bits per heavy atom. The molecule has 0 aliphatic rings. The molecular weight excluding hydrogens is 318 g/mol. The second-order valence-electron chi connectivity index (χ2n) is 5.63. The number of nitrogens with zero attached hydrogens (tertiary/aromatic N) is 1. The van der Waals surface area contributed by atoms with Gasteiger partial charge in [-0.3, -0.25) is 4.79 Å². The van der Waals surface area contributed by atoms with Gasteiger partial charge in [0.25, 0.3) is 0 Å². The van der Waals surface area contributed by atoms with Crippen LogP contribution in [-0.4, -0.2) is 16.9 Å². The zero-order valence-corrected chi connectivity index (χ0v) is 13.9. The second-order valence-corrected chi connectivity index (χ2v) is 5.63. The summed E-state index contributed by atoms with van der Waals surface area (Å²) in [5, 5.41) is 3.76. The number of ether oxygens (including phenoxy) is 1. The van der Waals surface area contributed by atoms with E-state index in [-0.39, 0.29) is 11.3 Å². The zero-order chi connectivity index (χ0) is 17.8. The zero-order valence-electron chi connectivity index (χ0n) is 13.9. The summed E-state index contributed by atoms with van der Waals surface area (Å²) in [4.78, 5) is 25.5. The van der Waals surface area contributed by atoms with E-state index in [0.717, 1.165) is 0 Å². The van der Waals surface area contributed by atoms with Crippen molar-refractivity contribution in [1.82, 2.24) is 5.16 Å². The van der Waals surface area contributed by atoms with Crippen LogP contribution in [0.25, 0.3) is 0 Å². The molecule has 0 saturated heterocycles. The number of hydrogen-bond donors (Lipinski definition) is 0. The lowest BCUT2D eigenvalue weighted by atomic mass is 9.99. The van der Waals surface area contributed by atoms with Crippen LogP contribution in [0.5, 0.6) is 0 Å². The van der Waals surface area contributed by atoms with Gasteiger partial charge in [-0.25, -0.2) is 4.79 Å². The highest BCUT2D eigenvalue weighted by Gasteiger charge is 2.29. The van der Waals surface area contributed by atoms with Crippen LogP contribution in [0.1, 0.15) is 43.8 Å². The average molecular weight is 335 g/mol. The van der Waals surface area contributed by atoms with Crippen LogP contribution in [0.4, 0.5) is 0 Å². The standard InChI is InChI=1S/C20H17NO4/c1-13-17(14(2)25-21-13)20(23)24-19(16-11-7-4-8-12-16)18(22)15-9-5-3-6-10-15/h3-12,19H,1-2H3/t19-/m0/s1. The van der Waals surface area contributed by atoms with Crippen LogP contribution in [0.3, 0.4) is 0 Å². The predicted molar refractivity (Wildman–Crippen MR) is 91.3 cm³/mol. The Hall–Kier alpha value is -3.21. The Bertz CT molecular complexity index is 865. The Morgan fingerprint density at radius 2 is 1.56 bits per heavy atom. The van der Waals surface area contributed by atoms with E-state index in [1.54, 1.807) is 62.4 Å². The topological polar surface area (TPSA) is 69.4 Å². The Morgan fingerprint density at radius 3 is 2.12 bits per heavy atom. The summed E-state index contributed by atoms with van der Waals surface area (Å²) in [6.45, 7) is 3.29. The fourth-order valence-corrected chi connectivity index (χ4v) is 2.59. The molecule has 0 spiro atoms. The van der Waals surface area contributed by atoms with Crippen LogP contribution >= 0.6 is 0 Å². The van der Waals surface area contributed by atoms with E-state index in [1.165, 1.54) is 0 Å². The van der Waals surface area contributed by atoms with Gasteiger partial charge in [-0.05, 0) is 13.8 Å². The number of ketones is 1. The molecule has 0 aliphatic heterocycles. The number of rotatable bonds is 5. The molecule has 0 unspecified atom stereocenters. The predicted octanol–water partition coefficient (Wildman–Crippen LogP) is 4.07. The lowest BCUT2D eigenvalue weighted by Gasteiger charge is -2.17. The van der Waals surface area contributed by atoms with Crippen molar-refractivity contribution in [1.29, 1.82) is 0 Å². The van der Waals surface area contributed by atoms with Crippen molar-refractivity contribution in [3.8, 4) is 0 Å². The molecule has 0 bridgehead atoms. The van der Waals surface area contributed by atoms with Crippen molar-refractivity contribution >= 4 is 11.8 Å². The van der Waals surface area contributed by atoms with Crippen molar-refractivity contribution in [3.05, 3.63) is 88.8 Å². The van der Waals surface area contributed by atoms with Crippen molar-refractivity contribution in [3.63, 3.8) is 0 Å². The molecule has 5 heteroatoms. The monoisotopic (exact) mass is 335 g/mol. The first-order chi connectivity index (χ1) is 12.1. The molecule has 5 nitrogen and oxygen atoms in total. The van der Waals surface area contributed by atoms with E-state index in [9.17, 15) is 9.59 Å². The summed E-state index contributed by atoms with van der Waals surface area (Å²) in [7, 11) is 0. The number of aryl methyl sites for hydroxylation is 2. The molecule has 0 N–H and O–H groups in total. The lowest BCUT2D eigenvalue weighted by molar-refractivity contribution is 0.0277. The molecule has 3 aromatic rings. The summed E-state index contributed by atoms with van der Waals surface area (Å²) in [5.41, 5.74) is 1.77. The highest BCUT2D eigenvalue weighted by atomic mass is 16.5. The minimum absolute atomic E-state index is 0.252. The van der Waals surface area contributed by atoms with E-state index in [4.69, 9.17) is 9.26 Å². The van der Waals surface area contributed by atoms with E-state index >= 15 is 0 Å². The summed E-state index contributed by atoms with van der Waals surface area (Å²) in [6, 6.07) is 17.7. The highest BCUT2D eigenvalue weighted by molar-refractivity contribution is 6.02. The number of aromatic nitrogens is 1. The van der Waals surface area contributed by atoms with Gasteiger partial charge in [0.15, 0.2) is 6.10 Å². The molecule has 126 valence electrons. The van der Waals surface area contributed by atoms with Gasteiger partial charge < -0.3 is 9.26 Å². The maximum absolute atomic E-state index is 12.9. The largest absolute Gasteiger partial charge is 0.445 e. The molecule has 1 aromatic heterocycles. The molecule has 0 aliphatic carbocycles. The fraction of sp³-hybridized carbons (Fsp3) is 0.150. The molecule has 3 rings (SSSR count). The third-order valence-electron chi connectivity index (χ3n) is 3.86. The molecule has 2 aromatic carbocycles. The highest BCUT2D eigenvalue weighted by Crippen LogP contribution is 2.25. The van der Waals surface area contributed by atoms with E-state index in [2.05, 4.69) is 5.16 Å². The third-order valence-corrected chi connectivity index (χ3v) is 3.86. The molecule has 0 fully saturated rings. The smallest absolute Gasteiger partial charge is 0.344 e. The van der Waals surface area contributed by atoms with E-state index < -0.39 is 12.1 Å². The normalized spacial score (nSPS) is 11.8. The van der Waals surface area contributed by atoms with E-state index in [1.807, 2.05) is 12.1 Å². The molecular formula is C20H17NO4. The van der Waals surface area contributed by atoms with Crippen LogP contribution < -0.4 is 0 Å². The van der Waals surface area contributed by atoms with Crippen molar-refractivity contribution in [2.75, 3.05) is 0 Å². The first-order valence-electron chi connectivity index (χ1n) is 7.86. The summed E-state index contributed by atoms with van der Waals surface area (Å²) < 4.78 is 10.6. The number of hydrogen-bond acceptors (Lipinski definition) is 5. The maximum atomic E-state index is 12.9. The first-order valence-corrected chi connectivity index (χ1v) is 7.86. The molecule has 0 amide bonds. The van der Waals surface area contributed by atoms with Gasteiger partial charge in [0.05, 0.1) is 5.69 Å². The Balaban J connectivity index is 1.95. The SMILES string of the molecule is Cc1noc(C)c1C(=O)O[C@H](C(=O)c1ccccc1)c1ccccc1. The quantitative estimate of drug-likeness (QED) is 0.519. The van der Waals surface area contributed by atoms with Crippen molar-refractivity contribution in [2.45, 2.75) is 20.0 Å². The first kappa shape index (κ1) is 16.6. The number of carbonyl (C=O) groups is 2. The fourth-order valence-electron chi connectivity index (χ4n) is 2.59. The minimum atomic E-state index is -1.04. The third kappa shape index (κ3) is 3.50. The van der Waals surface area contributed by atoms with E-state index in [0.29, 0.717) is 22.6 Å². The lowest BCUT2D eigenvalue weighted by Crippen LogP contribution is -2.21. The van der Waals surface area contributed by atoms with Gasteiger partial charge >= 0.3 is 5.97 Å². The number of esters is 1. The Labute approximate surface area is 145 Å². The van der Waals surface area contributed by atoms with Gasteiger partial charge in [0.2, 0.25) is 5.78 Å². The summed E-state index contributed by atoms with van der Waals surface area (Å²) in [5.74, 6) is -0.553. The minimum Gasteiger partial charge on any atom is -0.445 e. The number of carbonyl (C=O) groups excluding carboxylic acids is 2. The van der Waals surface area contributed by atoms with Gasteiger partial charge in [0.1, 0.15) is 11.3 Å². The van der Waals surface area contributed by atoms with Gasteiger partial charge in [-0.1, -0.05) is 65.8 Å². The van der Waals surface area contributed by atoms with Crippen LogP contribution in [0.2, 0.25) is 0 Å². The van der Waals surface area contributed by atoms with Crippen molar-refractivity contribution in [2.24, 2.45) is 0 Å². The summed E-state index contributed by atoms with van der Waals surface area (Å²) in [6.07, 6.45) is -1.04. The second kappa shape index (κ2) is 7.13. The maximum Gasteiger partial charge on any atom is 0.344 e. The van der Waals surface area contributed by atoms with Crippen LogP contribution in [-0.2, 0) is 4.74 Å². The van der Waals surface area contributed by atoms with Crippen LogP contribution in [0.15, 0.2) is 65.2 Å². The molecule has 1 heterocycles. The van der Waals surface area contributed by atoms with Gasteiger partial charge in [0, 0.05) is 11.1 Å². The van der Waals surface area contributed by atoms with Crippen molar-refractivity contribution < 1.29 is 18.8 Å².